The monoisotopic (exact) mass is 385 g/mol. The van der Waals surface area contributed by atoms with Gasteiger partial charge in [0.25, 0.3) is 31.2 Å². The smallest absolute Gasteiger partial charge is 0.295 e. The van der Waals surface area contributed by atoms with Gasteiger partial charge in [0.2, 0.25) is 0 Å². The predicted octanol–water partition coefficient (Wildman–Crippen LogP) is -0.0138. The maximum absolute atomic E-state index is 11.2. The second-order valence-corrected chi connectivity index (χ2v) is 7.34. The highest BCUT2D eigenvalue weighted by Gasteiger charge is 2.19. The Hall–Kier alpha value is -1.77. The Morgan fingerprint density at radius 3 is 1.91 bits per heavy atom. The molecular weight excluding hydrogens is 374 g/mol. The van der Waals surface area contributed by atoms with Crippen LogP contribution < -0.4 is 5.73 Å². The van der Waals surface area contributed by atoms with Crippen LogP contribution in [0.5, 0.6) is 0 Å². The topological polar surface area (TPSA) is 189 Å². The quantitative estimate of drug-likeness (QED) is 0.267. The van der Waals surface area contributed by atoms with Crippen molar-refractivity contribution in [3.63, 3.8) is 0 Å². The van der Waals surface area contributed by atoms with E-state index in [2.05, 4.69) is 0 Å². The molecule has 0 aliphatic rings. The number of nitrogens with two attached hydrogens (primary N) is 1. The number of benzene rings is 2. The number of thiol groups is 1. The van der Waals surface area contributed by atoms with Gasteiger partial charge >= 0.3 is 0 Å². The Labute approximate surface area is 132 Å². The van der Waals surface area contributed by atoms with Gasteiger partial charge in [-0.15, -0.1) is 0 Å². The molecule has 0 amide bonds. The summed E-state index contributed by atoms with van der Waals surface area (Å²) < 4.78 is 86.7. The predicted molar refractivity (Wildman–Crippen MR) is 80.9 cm³/mol. The second-order valence-electron chi connectivity index (χ2n) is 4.05. The highest BCUT2D eigenvalue weighted by Crippen LogP contribution is 2.30. The molecular formula is C10H11NO9S3. The molecule has 0 aliphatic heterocycles. The van der Waals surface area contributed by atoms with E-state index in [9.17, 15) is 16.8 Å². The van der Waals surface area contributed by atoms with Gasteiger partial charge in [-0.1, -0.05) is 12.1 Å². The molecule has 5 N–H and O–H groups in total. The summed E-state index contributed by atoms with van der Waals surface area (Å²) in [6.07, 6.45) is 0. The molecule has 0 saturated heterocycles. The summed E-state index contributed by atoms with van der Waals surface area (Å²) in [7, 11) is -12.1. The fraction of sp³-hybridized carbons (Fsp3) is 0. The largest absolute Gasteiger partial charge is 0.398 e. The number of anilines is 1. The Morgan fingerprint density at radius 1 is 0.957 bits per heavy atom. The molecule has 0 radical (unpaired) electrons. The zero-order valence-electron chi connectivity index (χ0n) is 11.0. The van der Waals surface area contributed by atoms with Crippen molar-refractivity contribution >= 4 is 47.7 Å². The molecule has 2 aromatic rings. The van der Waals surface area contributed by atoms with Crippen LogP contribution in [0, 0.1) is 0 Å². The Kier molecular flexibility index (Phi) is 5.68. The molecule has 13 heteroatoms. The van der Waals surface area contributed by atoms with Crippen LogP contribution in [0.4, 0.5) is 5.69 Å². The first-order valence-corrected chi connectivity index (χ1v) is 9.45. The van der Waals surface area contributed by atoms with Crippen LogP contribution in [-0.4, -0.2) is 38.9 Å². The minimum absolute atomic E-state index is 0.00241. The number of hydrogen-bond acceptors (Lipinski definition) is 7. The molecule has 128 valence electrons. The van der Waals surface area contributed by atoms with Crippen LogP contribution in [0.25, 0.3) is 10.8 Å². The molecule has 0 atom stereocenters. The number of rotatable bonds is 2. The van der Waals surface area contributed by atoms with Crippen LogP contribution in [0.1, 0.15) is 0 Å². The Bertz CT molecular complexity index is 1010. The van der Waals surface area contributed by atoms with Crippen LogP contribution >= 0.6 is 0 Å². The highest BCUT2D eigenvalue weighted by molar-refractivity contribution is 7.86. The normalized spacial score (nSPS) is 12.0. The minimum atomic E-state index is -4.49. The first-order chi connectivity index (χ1) is 10.3. The molecule has 0 saturated carbocycles. The van der Waals surface area contributed by atoms with Crippen LogP contribution in [-0.2, 0) is 31.2 Å². The fourth-order valence-electron chi connectivity index (χ4n) is 1.76. The van der Waals surface area contributed by atoms with Crippen LogP contribution in [0.2, 0.25) is 0 Å². The lowest BCUT2D eigenvalue weighted by molar-refractivity contribution is 0.482. The van der Waals surface area contributed by atoms with Crippen molar-refractivity contribution in [3.8, 4) is 0 Å². The summed E-state index contributed by atoms with van der Waals surface area (Å²) >= 11 is 0. The Balaban J connectivity index is 0.000000593. The summed E-state index contributed by atoms with van der Waals surface area (Å²) in [5, 5.41) is 0.167. The standard InChI is InChI=1S/C10H9NO6S2.H2O3S/c11-8-5-7(18(12,13)14)4-6-2-1-3-9(10(6)8)19(15,16)17;1-4(2)3/h1-5H,11H2,(H,12,13,14)(H,15,16,17);4H,(H,1,2,3). The van der Waals surface area contributed by atoms with Crippen molar-refractivity contribution in [2.75, 3.05) is 5.73 Å². The lowest BCUT2D eigenvalue weighted by atomic mass is 10.1. The maximum Gasteiger partial charge on any atom is 0.295 e. The summed E-state index contributed by atoms with van der Waals surface area (Å²) in [5.41, 5.74) is 5.42. The first-order valence-electron chi connectivity index (χ1n) is 5.44. The van der Waals surface area contributed by atoms with Crippen molar-refractivity contribution < 1.29 is 38.9 Å². The molecule has 0 fully saturated rings. The minimum Gasteiger partial charge on any atom is -0.398 e. The van der Waals surface area contributed by atoms with Crippen molar-refractivity contribution in [3.05, 3.63) is 30.3 Å². The van der Waals surface area contributed by atoms with E-state index in [1.807, 2.05) is 0 Å². The number of hydrogen-bond donors (Lipinski definition) is 5. The third kappa shape index (κ3) is 5.12. The van der Waals surface area contributed by atoms with E-state index >= 15 is 0 Å². The van der Waals surface area contributed by atoms with E-state index in [0.29, 0.717) is 0 Å². The molecule has 0 heterocycles. The summed E-state index contributed by atoms with van der Waals surface area (Å²) in [6, 6.07) is 5.86. The molecule has 2 rings (SSSR count). The molecule has 0 bridgehead atoms. The lowest BCUT2D eigenvalue weighted by Crippen LogP contribution is -2.04. The van der Waals surface area contributed by atoms with Crippen LogP contribution in [0.3, 0.4) is 0 Å². The average molecular weight is 385 g/mol. The van der Waals surface area contributed by atoms with Gasteiger partial charge in [-0.3, -0.25) is 13.7 Å². The van der Waals surface area contributed by atoms with E-state index < -0.39 is 41.0 Å². The molecule has 2 aromatic carbocycles. The third-order valence-corrected chi connectivity index (χ3v) is 4.25. The van der Waals surface area contributed by atoms with E-state index in [0.717, 1.165) is 18.2 Å². The zero-order valence-corrected chi connectivity index (χ0v) is 13.5. The lowest BCUT2D eigenvalue weighted by Gasteiger charge is -2.08. The highest BCUT2D eigenvalue weighted by atomic mass is 32.2. The van der Waals surface area contributed by atoms with Gasteiger partial charge in [0, 0.05) is 11.1 Å². The fourth-order valence-corrected chi connectivity index (χ4v) is 3.06. The molecule has 0 aliphatic carbocycles. The van der Waals surface area contributed by atoms with E-state index in [1.54, 1.807) is 0 Å². The second kappa shape index (κ2) is 6.77. The SMILES string of the molecule is Nc1cc(S(=O)(=O)O)cc2cccc(S(=O)(=O)O)c12.O=[SH](=O)O. The van der Waals surface area contributed by atoms with Gasteiger partial charge in [-0.25, -0.2) is 8.42 Å². The van der Waals surface area contributed by atoms with E-state index in [1.165, 1.54) is 12.1 Å². The van der Waals surface area contributed by atoms with Gasteiger partial charge in [-0.05, 0) is 23.6 Å². The maximum atomic E-state index is 11.2. The van der Waals surface area contributed by atoms with E-state index in [-0.39, 0.29) is 16.5 Å². The van der Waals surface area contributed by atoms with Gasteiger partial charge < -0.3 is 5.73 Å². The van der Waals surface area contributed by atoms with Gasteiger partial charge in [0.15, 0.2) is 0 Å². The molecule has 23 heavy (non-hydrogen) atoms. The van der Waals surface area contributed by atoms with Crippen molar-refractivity contribution in [1.82, 2.24) is 0 Å². The first kappa shape index (κ1) is 19.3. The third-order valence-electron chi connectivity index (χ3n) is 2.52. The van der Waals surface area contributed by atoms with Crippen molar-refractivity contribution in [2.24, 2.45) is 0 Å². The molecule has 0 aromatic heterocycles. The van der Waals surface area contributed by atoms with Gasteiger partial charge in [0.05, 0.1) is 4.90 Å². The molecule has 0 unspecified atom stereocenters. The van der Waals surface area contributed by atoms with Crippen molar-refractivity contribution in [2.45, 2.75) is 9.79 Å². The number of nitrogen functional groups attached to an aromatic ring is 1. The van der Waals surface area contributed by atoms with Gasteiger partial charge in [0.1, 0.15) is 4.90 Å². The summed E-state index contributed by atoms with van der Waals surface area (Å²) in [6.45, 7) is 0. The zero-order chi connectivity index (χ0) is 18.0. The van der Waals surface area contributed by atoms with Gasteiger partial charge in [-0.2, -0.15) is 16.8 Å². The Morgan fingerprint density at radius 2 is 1.48 bits per heavy atom. The molecule has 0 spiro atoms. The van der Waals surface area contributed by atoms with Crippen molar-refractivity contribution in [1.29, 1.82) is 0 Å². The summed E-state index contributed by atoms with van der Waals surface area (Å²) in [4.78, 5) is -0.880. The average Bonchev–Trinajstić information content (AvgIpc) is 2.35. The number of fused-ring (bicyclic) bond motifs is 1. The summed E-state index contributed by atoms with van der Waals surface area (Å²) in [5.74, 6) is 0. The molecule has 10 nitrogen and oxygen atoms in total. The van der Waals surface area contributed by atoms with E-state index in [4.69, 9.17) is 27.8 Å². The van der Waals surface area contributed by atoms with Crippen LogP contribution in [0.15, 0.2) is 40.1 Å².